The molecule has 0 fully saturated rings. The third-order valence-corrected chi connectivity index (χ3v) is 5.25. The zero-order valence-corrected chi connectivity index (χ0v) is 19.1. The molecule has 0 aliphatic rings. The molecule has 0 aromatic heterocycles. The van der Waals surface area contributed by atoms with Crippen LogP contribution in [-0.2, 0) is 9.53 Å². The molecular weight excluding hydrogens is 514 g/mol. The normalized spacial score (nSPS) is 11.2. The molecule has 3 aromatic carbocycles. The van der Waals surface area contributed by atoms with Crippen molar-refractivity contribution in [1.82, 2.24) is 0 Å². The summed E-state index contributed by atoms with van der Waals surface area (Å²) in [5.41, 5.74) is -0.218. The zero-order valence-electron chi connectivity index (χ0n) is 17.5. The lowest BCUT2D eigenvalue weighted by molar-refractivity contribution is -0.385. The molecule has 3 rings (SSSR count). The monoisotopic (exact) mass is 529 g/mol. The van der Waals surface area contributed by atoms with Crippen molar-refractivity contribution in [2.75, 3.05) is 12.4 Å². The van der Waals surface area contributed by atoms with E-state index in [1.807, 2.05) is 0 Å². The first-order valence-corrected chi connectivity index (χ1v) is 10.3. The number of anilines is 1. The van der Waals surface area contributed by atoms with Crippen LogP contribution >= 0.6 is 15.9 Å². The van der Waals surface area contributed by atoms with Crippen LogP contribution in [0.3, 0.4) is 0 Å². The van der Waals surface area contributed by atoms with Crippen LogP contribution in [0.25, 0.3) is 0 Å². The quantitative estimate of drug-likeness (QED) is 0.248. The van der Waals surface area contributed by atoms with Gasteiger partial charge in [-0.1, -0.05) is 30.3 Å². The van der Waals surface area contributed by atoms with Crippen LogP contribution in [-0.4, -0.2) is 28.8 Å². The van der Waals surface area contributed by atoms with E-state index in [4.69, 9.17) is 9.47 Å². The number of nitro groups is 2. The van der Waals surface area contributed by atoms with Gasteiger partial charge in [-0.05, 0) is 34.1 Å². The second kappa shape index (κ2) is 10.5. The molecule has 0 aliphatic heterocycles. The van der Waals surface area contributed by atoms with Gasteiger partial charge in [0.15, 0.2) is 5.75 Å². The highest BCUT2D eigenvalue weighted by atomic mass is 79.9. The summed E-state index contributed by atoms with van der Waals surface area (Å²) in [6.45, 7) is 0. The highest BCUT2D eigenvalue weighted by Crippen LogP contribution is 2.31. The average Bonchev–Trinajstić information content (AvgIpc) is 2.83. The maximum absolute atomic E-state index is 13.1. The van der Waals surface area contributed by atoms with Crippen LogP contribution in [0, 0.1) is 20.2 Å². The van der Waals surface area contributed by atoms with Gasteiger partial charge in [0.25, 0.3) is 11.6 Å². The number of non-ortho nitro benzene ring substituents is 1. The maximum atomic E-state index is 13.1. The smallest absolute Gasteiger partial charge is 0.339 e. The van der Waals surface area contributed by atoms with Gasteiger partial charge >= 0.3 is 11.7 Å². The number of halogens is 1. The Morgan fingerprint density at radius 1 is 0.971 bits per heavy atom. The number of nitrogens with one attached hydrogen (secondary N) is 1. The Labute approximate surface area is 200 Å². The van der Waals surface area contributed by atoms with Crippen LogP contribution in [0.5, 0.6) is 5.75 Å². The number of carbonyl (C=O) groups is 2. The molecule has 0 saturated carbocycles. The summed E-state index contributed by atoms with van der Waals surface area (Å²) in [5.74, 6) is -1.75. The number of hydrogen-bond donors (Lipinski definition) is 1. The van der Waals surface area contributed by atoms with Crippen molar-refractivity contribution in [3.05, 3.63) is 103 Å². The molecule has 0 bridgehead atoms. The second-order valence-corrected chi connectivity index (χ2v) is 7.60. The summed E-state index contributed by atoms with van der Waals surface area (Å²) in [5, 5.41) is 24.8. The van der Waals surface area contributed by atoms with Gasteiger partial charge in [-0.25, -0.2) is 4.79 Å². The van der Waals surface area contributed by atoms with Gasteiger partial charge in [0.05, 0.1) is 28.2 Å². The highest BCUT2D eigenvalue weighted by Gasteiger charge is 2.28. The van der Waals surface area contributed by atoms with Gasteiger partial charge in [-0.2, -0.15) is 0 Å². The fourth-order valence-electron chi connectivity index (χ4n) is 2.95. The topological polar surface area (TPSA) is 151 Å². The molecule has 0 saturated heterocycles. The number of hydrogen-bond acceptors (Lipinski definition) is 8. The van der Waals surface area contributed by atoms with Crippen molar-refractivity contribution in [1.29, 1.82) is 0 Å². The Balaban J connectivity index is 1.90. The molecule has 12 heteroatoms. The first-order chi connectivity index (χ1) is 16.2. The molecule has 0 heterocycles. The fraction of sp³-hybridized carbons (Fsp3) is 0.0909. The minimum Gasteiger partial charge on any atom is -0.490 e. The lowest BCUT2D eigenvalue weighted by Crippen LogP contribution is -2.26. The Hall–Kier alpha value is -4.32. The number of carbonyl (C=O) groups excluding carboxylic acids is 2. The van der Waals surface area contributed by atoms with Gasteiger partial charge in [0.2, 0.25) is 6.10 Å². The molecule has 0 spiro atoms. The van der Waals surface area contributed by atoms with E-state index in [-0.39, 0.29) is 27.2 Å². The number of benzene rings is 3. The lowest BCUT2D eigenvalue weighted by atomic mass is 10.1. The number of rotatable bonds is 8. The summed E-state index contributed by atoms with van der Waals surface area (Å²) in [7, 11) is 1.26. The Morgan fingerprint density at radius 3 is 2.26 bits per heavy atom. The summed E-state index contributed by atoms with van der Waals surface area (Å²) in [6.07, 6.45) is -1.42. The first kappa shape index (κ1) is 24.3. The van der Waals surface area contributed by atoms with Crippen LogP contribution in [0.2, 0.25) is 0 Å². The van der Waals surface area contributed by atoms with Crippen LogP contribution in [0.15, 0.2) is 71.2 Å². The molecular formula is C22H16BrN3O8. The highest BCUT2D eigenvalue weighted by molar-refractivity contribution is 9.10. The predicted molar refractivity (Wildman–Crippen MR) is 124 cm³/mol. The number of methoxy groups -OCH3 is 1. The number of esters is 1. The Bertz CT molecular complexity index is 1270. The molecule has 174 valence electrons. The van der Waals surface area contributed by atoms with Gasteiger partial charge in [-0.3, -0.25) is 25.0 Å². The van der Waals surface area contributed by atoms with Crippen molar-refractivity contribution in [3.63, 3.8) is 0 Å². The lowest BCUT2D eigenvalue weighted by Gasteiger charge is -2.18. The van der Waals surface area contributed by atoms with Gasteiger partial charge in [0.1, 0.15) is 0 Å². The summed E-state index contributed by atoms with van der Waals surface area (Å²) in [6, 6.07) is 15.4. The van der Waals surface area contributed by atoms with E-state index in [1.165, 1.54) is 37.4 Å². The van der Waals surface area contributed by atoms with Crippen molar-refractivity contribution < 1.29 is 28.9 Å². The van der Waals surface area contributed by atoms with E-state index in [0.717, 1.165) is 6.07 Å². The van der Waals surface area contributed by atoms with Crippen molar-refractivity contribution in [2.45, 2.75) is 6.10 Å². The molecule has 3 aromatic rings. The standard InChI is InChI=1S/C22H16BrN3O8/c1-33-19-10-7-14(11-18(19)26(31)32)22(28)34-20(13-5-3-2-4-6-13)21(27)24-17-9-8-15(25(29)30)12-16(17)23/h2-12,20H,1H3,(H,24,27). The van der Waals surface area contributed by atoms with E-state index in [9.17, 15) is 29.8 Å². The molecule has 34 heavy (non-hydrogen) atoms. The van der Waals surface area contributed by atoms with E-state index in [1.54, 1.807) is 30.3 Å². The van der Waals surface area contributed by atoms with E-state index in [2.05, 4.69) is 21.2 Å². The first-order valence-electron chi connectivity index (χ1n) is 9.54. The molecule has 1 amide bonds. The minimum absolute atomic E-state index is 0.0399. The number of nitrogens with zero attached hydrogens (tertiary/aromatic N) is 2. The van der Waals surface area contributed by atoms with Crippen molar-refractivity contribution >= 4 is 44.9 Å². The molecule has 0 radical (unpaired) electrons. The second-order valence-electron chi connectivity index (χ2n) is 6.75. The minimum atomic E-state index is -1.42. The molecule has 11 nitrogen and oxygen atoms in total. The SMILES string of the molecule is COc1ccc(C(=O)OC(C(=O)Nc2ccc([N+](=O)[O-])cc2Br)c2ccccc2)cc1[N+](=O)[O-]. The summed E-state index contributed by atoms with van der Waals surface area (Å²) in [4.78, 5) is 46.8. The van der Waals surface area contributed by atoms with E-state index in [0.29, 0.717) is 5.56 Å². The fourth-order valence-corrected chi connectivity index (χ4v) is 3.42. The van der Waals surface area contributed by atoms with Gasteiger partial charge < -0.3 is 14.8 Å². The number of ether oxygens (including phenoxy) is 2. The number of amides is 1. The van der Waals surface area contributed by atoms with Crippen molar-refractivity contribution in [3.8, 4) is 5.75 Å². The zero-order chi connectivity index (χ0) is 24.8. The van der Waals surface area contributed by atoms with Gasteiger partial charge in [0, 0.05) is 28.2 Å². The molecule has 0 aliphatic carbocycles. The Morgan fingerprint density at radius 2 is 1.68 bits per heavy atom. The Kier molecular flexibility index (Phi) is 7.53. The van der Waals surface area contributed by atoms with Crippen LogP contribution in [0.4, 0.5) is 17.1 Å². The summed E-state index contributed by atoms with van der Waals surface area (Å²) < 4.78 is 10.6. The molecule has 1 unspecified atom stereocenters. The van der Waals surface area contributed by atoms with Gasteiger partial charge in [-0.15, -0.1) is 0 Å². The third-order valence-electron chi connectivity index (χ3n) is 4.60. The largest absolute Gasteiger partial charge is 0.490 e. The predicted octanol–water partition coefficient (Wildman–Crippen LogP) is 4.81. The summed E-state index contributed by atoms with van der Waals surface area (Å²) >= 11 is 3.17. The molecule has 1 N–H and O–H groups in total. The van der Waals surface area contributed by atoms with E-state index < -0.39 is 33.5 Å². The third kappa shape index (κ3) is 5.53. The maximum Gasteiger partial charge on any atom is 0.339 e. The molecule has 1 atom stereocenters. The average molecular weight is 530 g/mol. The van der Waals surface area contributed by atoms with Crippen LogP contribution in [0.1, 0.15) is 22.0 Å². The van der Waals surface area contributed by atoms with Crippen molar-refractivity contribution in [2.24, 2.45) is 0 Å². The van der Waals surface area contributed by atoms with E-state index >= 15 is 0 Å². The number of nitro benzene ring substituents is 2. The van der Waals surface area contributed by atoms with Crippen LogP contribution < -0.4 is 10.1 Å².